The fourth-order valence-corrected chi connectivity index (χ4v) is 4.35. The van der Waals surface area contributed by atoms with Gasteiger partial charge in [0.2, 0.25) is 21.7 Å². The molecule has 3 heterocycles. The molecule has 146 valence electrons. The molecule has 0 aliphatic carbocycles. The highest BCUT2D eigenvalue weighted by Gasteiger charge is 2.41. The van der Waals surface area contributed by atoms with Crippen LogP contribution in [0.3, 0.4) is 0 Å². The minimum atomic E-state index is -4.62. The Labute approximate surface area is 157 Å². The van der Waals surface area contributed by atoms with Crippen molar-refractivity contribution < 1.29 is 26.1 Å². The van der Waals surface area contributed by atoms with E-state index in [2.05, 4.69) is 15.1 Å². The molecule has 1 aliphatic heterocycles. The first-order valence-corrected chi connectivity index (χ1v) is 9.61. The van der Waals surface area contributed by atoms with Crippen molar-refractivity contribution in [1.29, 1.82) is 0 Å². The molecule has 11 heteroatoms. The van der Waals surface area contributed by atoms with Gasteiger partial charge < -0.3 is 4.52 Å². The number of benzene rings is 1. The SMILES string of the molecule is O=S(=O)(c1cccc(C(F)(F)F)c1)N1CC(c2nc(-c3ccccn3)no2)C1. The molecule has 1 aromatic carbocycles. The van der Waals surface area contributed by atoms with E-state index in [1.807, 2.05) is 0 Å². The van der Waals surface area contributed by atoms with E-state index in [-0.39, 0.29) is 30.7 Å². The van der Waals surface area contributed by atoms with Gasteiger partial charge in [-0.25, -0.2) is 8.42 Å². The molecule has 2 aromatic heterocycles. The molecule has 4 rings (SSSR count). The second kappa shape index (κ2) is 6.67. The van der Waals surface area contributed by atoms with E-state index in [1.54, 1.807) is 24.4 Å². The third-order valence-corrected chi connectivity index (χ3v) is 6.16. The number of halogens is 3. The van der Waals surface area contributed by atoms with Gasteiger partial charge in [0.15, 0.2) is 0 Å². The summed E-state index contributed by atoms with van der Waals surface area (Å²) in [5.41, 5.74) is -0.493. The molecule has 0 saturated carbocycles. The van der Waals surface area contributed by atoms with Crippen LogP contribution in [0.15, 0.2) is 58.1 Å². The zero-order chi connectivity index (χ0) is 19.9. The van der Waals surface area contributed by atoms with E-state index in [0.717, 1.165) is 22.5 Å². The molecule has 0 bridgehead atoms. The third kappa shape index (κ3) is 3.38. The van der Waals surface area contributed by atoms with E-state index >= 15 is 0 Å². The quantitative estimate of drug-likeness (QED) is 0.657. The van der Waals surface area contributed by atoms with Crippen LogP contribution in [0.1, 0.15) is 17.4 Å². The first-order valence-electron chi connectivity index (χ1n) is 8.17. The summed E-state index contributed by atoms with van der Waals surface area (Å²) in [6, 6.07) is 8.90. The first-order chi connectivity index (χ1) is 13.2. The van der Waals surface area contributed by atoms with Crippen molar-refractivity contribution >= 4 is 10.0 Å². The molecular formula is C17H13F3N4O3S. The van der Waals surface area contributed by atoms with Gasteiger partial charge in [-0.1, -0.05) is 17.3 Å². The van der Waals surface area contributed by atoms with Gasteiger partial charge in [0.25, 0.3) is 0 Å². The van der Waals surface area contributed by atoms with Crippen molar-refractivity contribution in [1.82, 2.24) is 19.4 Å². The molecule has 0 radical (unpaired) electrons. The third-order valence-electron chi connectivity index (χ3n) is 4.33. The molecule has 0 atom stereocenters. The number of alkyl halides is 3. The van der Waals surface area contributed by atoms with Gasteiger partial charge in [0.1, 0.15) is 5.69 Å². The molecule has 0 amide bonds. The highest BCUT2D eigenvalue weighted by molar-refractivity contribution is 7.89. The molecule has 0 spiro atoms. The molecule has 3 aromatic rings. The number of sulfonamides is 1. The number of hydrogen-bond donors (Lipinski definition) is 0. The lowest BCUT2D eigenvalue weighted by Crippen LogP contribution is -2.48. The maximum absolute atomic E-state index is 12.8. The highest BCUT2D eigenvalue weighted by atomic mass is 32.2. The molecule has 1 aliphatic rings. The van der Waals surface area contributed by atoms with Crippen LogP contribution in [0.2, 0.25) is 0 Å². The van der Waals surface area contributed by atoms with Gasteiger partial charge in [0.05, 0.1) is 16.4 Å². The van der Waals surface area contributed by atoms with E-state index in [9.17, 15) is 21.6 Å². The smallest absolute Gasteiger partial charge is 0.339 e. The standard InChI is InChI=1S/C17H13F3N4O3S/c18-17(19,20)12-4-3-5-13(8-12)28(25,26)24-9-11(10-24)16-22-15(23-27-16)14-6-1-2-7-21-14/h1-8,11H,9-10H2. The average Bonchev–Trinajstić information content (AvgIpc) is 3.10. The van der Waals surface area contributed by atoms with Crippen LogP contribution in [0.5, 0.6) is 0 Å². The summed E-state index contributed by atoms with van der Waals surface area (Å²) < 4.78 is 69.9. The molecule has 0 unspecified atom stereocenters. The predicted octanol–water partition coefficient (Wildman–Crippen LogP) is 2.94. The lowest BCUT2D eigenvalue weighted by molar-refractivity contribution is -0.137. The van der Waals surface area contributed by atoms with Gasteiger partial charge in [0, 0.05) is 19.3 Å². The normalized spacial score (nSPS) is 16.1. The van der Waals surface area contributed by atoms with E-state index in [1.165, 1.54) is 0 Å². The zero-order valence-electron chi connectivity index (χ0n) is 14.2. The monoisotopic (exact) mass is 410 g/mol. The Morgan fingerprint density at radius 2 is 1.89 bits per heavy atom. The average molecular weight is 410 g/mol. The number of rotatable bonds is 4. The summed E-state index contributed by atoms with van der Waals surface area (Å²) in [5, 5.41) is 3.83. The Bertz CT molecular complexity index is 1090. The van der Waals surface area contributed by atoms with Crippen molar-refractivity contribution in [2.24, 2.45) is 0 Å². The van der Waals surface area contributed by atoms with Crippen LogP contribution in [0.4, 0.5) is 13.2 Å². The summed E-state index contributed by atoms with van der Waals surface area (Å²) in [6.07, 6.45) is -3.03. The highest BCUT2D eigenvalue weighted by Crippen LogP contribution is 2.34. The van der Waals surface area contributed by atoms with Gasteiger partial charge in [-0.05, 0) is 30.3 Å². The van der Waals surface area contributed by atoms with Crippen molar-refractivity contribution in [2.75, 3.05) is 13.1 Å². The predicted molar refractivity (Wildman–Crippen MR) is 90.5 cm³/mol. The second-order valence-electron chi connectivity index (χ2n) is 6.22. The Kier molecular flexibility index (Phi) is 4.42. The summed E-state index contributed by atoms with van der Waals surface area (Å²) in [7, 11) is -4.04. The Morgan fingerprint density at radius 3 is 2.57 bits per heavy atom. The Hall–Kier alpha value is -2.79. The second-order valence-corrected chi connectivity index (χ2v) is 8.15. The maximum Gasteiger partial charge on any atom is 0.416 e. The molecule has 1 fully saturated rings. The number of aromatic nitrogens is 3. The van der Waals surface area contributed by atoms with Crippen LogP contribution < -0.4 is 0 Å². The summed E-state index contributed by atoms with van der Waals surface area (Å²) >= 11 is 0. The van der Waals surface area contributed by atoms with Crippen LogP contribution in [0, 0.1) is 0 Å². The van der Waals surface area contributed by atoms with Gasteiger partial charge >= 0.3 is 6.18 Å². The topological polar surface area (TPSA) is 89.2 Å². The largest absolute Gasteiger partial charge is 0.416 e. The van der Waals surface area contributed by atoms with Gasteiger partial charge in [-0.3, -0.25) is 4.98 Å². The summed E-state index contributed by atoms with van der Waals surface area (Å²) in [6.45, 7) is 0.0882. The van der Waals surface area contributed by atoms with Crippen molar-refractivity contribution in [3.8, 4) is 11.5 Å². The van der Waals surface area contributed by atoms with Crippen molar-refractivity contribution in [2.45, 2.75) is 17.0 Å². The van der Waals surface area contributed by atoms with Crippen LogP contribution in [-0.4, -0.2) is 40.9 Å². The number of pyridine rings is 1. The van der Waals surface area contributed by atoms with E-state index < -0.39 is 26.7 Å². The van der Waals surface area contributed by atoms with Gasteiger partial charge in [-0.15, -0.1) is 0 Å². The van der Waals surface area contributed by atoms with E-state index in [4.69, 9.17) is 4.52 Å². The van der Waals surface area contributed by atoms with E-state index in [0.29, 0.717) is 11.8 Å². The minimum absolute atomic E-state index is 0.0441. The number of nitrogens with zero attached hydrogens (tertiary/aromatic N) is 4. The number of hydrogen-bond acceptors (Lipinski definition) is 6. The summed E-state index contributed by atoms with van der Waals surface area (Å²) in [5.74, 6) is 0.219. The molecular weight excluding hydrogens is 397 g/mol. The Balaban J connectivity index is 1.49. The minimum Gasteiger partial charge on any atom is -0.339 e. The summed E-state index contributed by atoms with van der Waals surface area (Å²) in [4.78, 5) is 7.93. The first kappa shape index (κ1) is 18.6. The Morgan fingerprint density at radius 1 is 1.11 bits per heavy atom. The fraction of sp³-hybridized carbons (Fsp3) is 0.235. The lowest BCUT2D eigenvalue weighted by Gasteiger charge is -2.35. The lowest BCUT2D eigenvalue weighted by atomic mass is 10.0. The van der Waals surface area contributed by atoms with Crippen LogP contribution in [0.25, 0.3) is 11.5 Å². The zero-order valence-corrected chi connectivity index (χ0v) is 15.0. The molecule has 28 heavy (non-hydrogen) atoms. The fourth-order valence-electron chi connectivity index (χ4n) is 2.77. The molecule has 7 nitrogen and oxygen atoms in total. The van der Waals surface area contributed by atoms with Crippen LogP contribution in [-0.2, 0) is 16.2 Å². The van der Waals surface area contributed by atoms with Crippen molar-refractivity contribution in [3.05, 3.63) is 60.1 Å². The maximum atomic E-state index is 12.8. The van der Waals surface area contributed by atoms with Gasteiger partial charge in [-0.2, -0.15) is 22.5 Å². The molecule has 0 N–H and O–H groups in total. The van der Waals surface area contributed by atoms with Crippen molar-refractivity contribution in [3.63, 3.8) is 0 Å². The molecule has 1 saturated heterocycles. The van der Waals surface area contributed by atoms with Crippen LogP contribution >= 0.6 is 0 Å².